The highest BCUT2D eigenvalue weighted by Crippen LogP contribution is 2.31. The Labute approximate surface area is 129 Å². The Kier molecular flexibility index (Phi) is 5.24. The normalized spacial score (nSPS) is 26.5. The van der Waals surface area contributed by atoms with E-state index in [0.717, 1.165) is 36.8 Å². The summed E-state index contributed by atoms with van der Waals surface area (Å²) in [5.41, 5.74) is 0.780. The zero-order valence-corrected chi connectivity index (χ0v) is 14.1. The van der Waals surface area contributed by atoms with Crippen LogP contribution in [0.3, 0.4) is 0 Å². The number of nitrogens with one attached hydrogen (secondary N) is 1. The van der Waals surface area contributed by atoms with E-state index in [-0.39, 0.29) is 5.56 Å². The van der Waals surface area contributed by atoms with Crippen molar-refractivity contribution in [3.63, 3.8) is 0 Å². The first kappa shape index (κ1) is 15.5. The molecule has 0 aromatic carbocycles. The summed E-state index contributed by atoms with van der Waals surface area (Å²) in [6.07, 6.45) is 6.30. The maximum absolute atomic E-state index is 12.2. The van der Waals surface area contributed by atoms with Crippen molar-refractivity contribution in [2.24, 2.45) is 11.8 Å². The van der Waals surface area contributed by atoms with Crippen molar-refractivity contribution < 1.29 is 0 Å². The average molecular weight is 342 g/mol. The molecule has 1 aliphatic rings. The first-order valence-electron chi connectivity index (χ1n) is 7.53. The number of aryl methyl sites for hydroxylation is 1. The molecule has 1 aromatic rings. The van der Waals surface area contributed by atoms with E-state index >= 15 is 0 Å². The van der Waals surface area contributed by atoms with Gasteiger partial charge in [0.25, 0.3) is 5.56 Å². The van der Waals surface area contributed by atoms with Gasteiger partial charge in [-0.3, -0.25) is 4.79 Å². The highest BCUT2D eigenvalue weighted by Gasteiger charge is 2.24. The number of hydrogen-bond acceptors (Lipinski definition) is 3. The lowest BCUT2D eigenvalue weighted by atomic mass is 9.80. The summed E-state index contributed by atoms with van der Waals surface area (Å²) in [5.74, 6) is 1.48. The molecule has 1 aliphatic carbocycles. The molecule has 1 heterocycles. The Hall–Kier alpha value is -0.840. The van der Waals surface area contributed by atoms with Crippen LogP contribution in [0.2, 0.25) is 0 Å². The zero-order chi connectivity index (χ0) is 14.7. The summed E-state index contributed by atoms with van der Waals surface area (Å²) < 4.78 is 2.12. The SMILES string of the molecule is CCCn1ncc(NC2CC(C)CC(C)C2)c(Br)c1=O. The van der Waals surface area contributed by atoms with Crippen LogP contribution >= 0.6 is 15.9 Å². The van der Waals surface area contributed by atoms with Gasteiger partial charge >= 0.3 is 0 Å². The molecule has 2 unspecified atom stereocenters. The molecule has 2 atom stereocenters. The smallest absolute Gasteiger partial charge is 0.283 e. The van der Waals surface area contributed by atoms with E-state index in [4.69, 9.17) is 0 Å². The van der Waals surface area contributed by atoms with Crippen LogP contribution < -0.4 is 10.9 Å². The molecule has 20 heavy (non-hydrogen) atoms. The molecular formula is C15H24BrN3O. The standard InChI is InChI=1S/C15H24BrN3O/c1-4-5-19-15(20)14(16)13(9-17-19)18-12-7-10(2)6-11(3)8-12/h9-12,18H,4-8H2,1-3H3. The van der Waals surface area contributed by atoms with Crippen molar-refractivity contribution in [1.29, 1.82) is 0 Å². The molecule has 2 rings (SSSR count). The van der Waals surface area contributed by atoms with E-state index in [1.807, 2.05) is 6.92 Å². The first-order chi connectivity index (χ1) is 9.51. The summed E-state index contributed by atoms with van der Waals surface area (Å²) >= 11 is 3.42. The van der Waals surface area contributed by atoms with Gasteiger partial charge in [0.05, 0.1) is 11.9 Å². The fraction of sp³-hybridized carbons (Fsp3) is 0.733. The Morgan fingerprint density at radius 2 is 2.00 bits per heavy atom. The van der Waals surface area contributed by atoms with E-state index < -0.39 is 0 Å². The summed E-state index contributed by atoms with van der Waals surface area (Å²) in [5, 5.41) is 7.74. The van der Waals surface area contributed by atoms with Gasteiger partial charge in [-0.15, -0.1) is 0 Å². The van der Waals surface area contributed by atoms with Gasteiger partial charge in [-0.25, -0.2) is 4.68 Å². The van der Waals surface area contributed by atoms with Crippen molar-refractivity contribution in [3.05, 3.63) is 21.0 Å². The predicted octanol–water partition coefficient (Wildman–Crippen LogP) is 3.65. The van der Waals surface area contributed by atoms with Gasteiger partial charge in [0, 0.05) is 12.6 Å². The van der Waals surface area contributed by atoms with E-state index in [1.54, 1.807) is 6.20 Å². The van der Waals surface area contributed by atoms with Gasteiger partial charge < -0.3 is 5.32 Å². The van der Waals surface area contributed by atoms with Gasteiger partial charge in [-0.2, -0.15) is 5.10 Å². The first-order valence-corrected chi connectivity index (χ1v) is 8.32. The van der Waals surface area contributed by atoms with Gasteiger partial charge in [-0.05, 0) is 53.4 Å². The lowest BCUT2D eigenvalue weighted by Gasteiger charge is -2.32. The third-order valence-corrected chi connectivity index (χ3v) is 4.72. The van der Waals surface area contributed by atoms with Gasteiger partial charge in [0.15, 0.2) is 0 Å². The molecule has 4 nitrogen and oxygen atoms in total. The number of hydrogen-bond donors (Lipinski definition) is 1. The predicted molar refractivity (Wildman–Crippen MR) is 86.1 cm³/mol. The maximum atomic E-state index is 12.2. The maximum Gasteiger partial charge on any atom is 0.283 e. The topological polar surface area (TPSA) is 46.9 Å². The van der Waals surface area contributed by atoms with Crippen LogP contribution in [0.5, 0.6) is 0 Å². The fourth-order valence-corrected chi connectivity index (χ4v) is 3.64. The van der Waals surface area contributed by atoms with Crippen LogP contribution in [0, 0.1) is 11.8 Å². The molecule has 1 N–H and O–H groups in total. The van der Waals surface area contributed by atoms with Gasteiger partial charge in [0.2, 0.25) is 0 Å². The van der Waals surface area contributed by atoms with E-state index in [2.05, 4.69) is 40.2 Å². The molecule has 0 radical (unpaired) electrons. The molecule has 0 bridgehead atoms. The largest absolute Gasteiger partial charge is 0.380 e. The van der Waals surface area contributed by atoms with Crippen molar-refractivity contribution in [2.45, 2.75) is 59.0 Å². The third-order valence-electron chi connectivity index (χ3n) is 3.96. The summed E-state index contributed by atoms with van der Waals surface area (Å²) in [7, 11) is 0. The lowest BCUT2D eigenvalue weighted by Crippen LogP contribution is -2.32. The van der Waals surface area contributed by atoms with Crippen LogP contribution in [0.1, 0.15) is 46.5 Å². The van der Waals surface area contributed by atoms with Crippen LogP contribution in [0.25, 0.3) is 0 Å². The Balaban J connectivity index is 2.13. The number of halogens is 1. The number of aromatic nitrogens is 2. The molecule has 5 heteroatoms. The molecule has 0 amide bonds. The summed E-state index contributed by atoms with van der Waals surface area (Å²) in [6.45, 7) is 7.31. The van der Waals surface area contributed by atoms with Crippen molar-refractivity contribution in [3.8, 4) is 0 Å². The third kappa shape index (κ3) is 3.62. The highest BCUT2D eigenvalue weighted by atomic mass is 79.9. The Morgan fingerprint density at radius 3 is 2.60 bits per heavy atom. The van der Waals surface area contributed by atoms with Crippen molar-refractivity contribution in [1.82, 2.24) is 9.78 Å². The fourth-order valence-electron chi connectivity index (χ4n) is 3.22. The number of rotatable bonds is 4. The second-order valence-electron chi connectivity index (χ2n) is 6.16. The Morgan fingerprint density at radius 1 is 1.35 bits per heavy atom. The molecule has 0 aliphatic heterocycles. The van der Waals surface area contributed by atoms with Crippen LogP contribution in [0.15, 0.2) is 15.5 Å². The zero-order valence-electron chi connectivity index (χ0n) is 12.5. The van der Waals surface area contributed by atoms with E-state index in [1.165, 1.54) is 11.1 Å². The second kappa shape index (κ2) is 6.74. The molecule has 1 saturated carbocycles. The molecule has 1 fully saturated rings. The lowest BCUT2D eigenvalue weighted by molar-refractivity contribution is 0.280. The molecule has 1 aromatic heterocycles. The monoisotopic (exact) mass is 341 g/mol. The van der Waals surface area contributed by atoms with Crippen LogP contribution in [-0.2, 0) is 6.54 Å². The summed E-state index contributed by atoms with van der Waals surface area (Å²) in [6, 6.07) is 0.438. The summed E-state index contributed by atoms with van der Waals surface area (Å²) in [4.78, 5) is 12.2. The van der Waals surface area contributed by atoms with Crippen molar-refractivity contribution >= 4 is 21.6 Å². The van der Waals surface area contributed by atoms with E-state index in [0.29, 0.717) is 17.1 Å². The quantitative estimate of drug-likeness (QED) is 0.909. The highest BCUT2D eigenvalue weighted by molar-refractivity contribution is 9.10. The van der Waals surface area contributed by atoms with E-state index in [9.17, 15) is 4.79 Å². The van der Waals surface area contributed by atoms with Crippen LogP contribution in [0.4, 0.5) is 5.69 Å². The number of nitrogens with zero attached hydrogens (tertiary/aromatic N) is 2. The minimum atomic E-state index is -0.0474. The average Bonchev–Trinajstić information content (AvgIpc) is 2.37. The molecule has 0 spiro atoms. The molecule has 0 saturated heterocycles. The molecular weight excluding hydrogens is 318 g/mol. The minimum absolute atomic E-state index is 0.0474. The minimum Gasteiger partial charge on any atom is -0.380 e. The van der Waals surface area contributed by atoms with Gasteiger partial charge in [-0.1, -0.05) is 20.8 Å². The van der Waals surface area contributed by atoms with Gasteiger partial charge in [0.1, 0.15) is 4.47 Å². The number of anilines is 1. The van der Waals surface area contributed by atoms with Crippen LogP contribution in [-0.4, -0.2) is 15.8 Å². The second-order valence-corrected chi connectivity index (χ2v) is 6.95. The Bertz CT molecular complexity index is 504. The molecule has 112 valence electrons. The van der Waals surface area contributed by atoms with Crippen molar-refractivity contribution in [2.75, 3.05) is 5.32 Å².